The van der Waals surface area contributed by atoms with Gasteiger partial charge in [-0.1, -0.05) is 12.1 Å². The van der Waals surface area contributed by atoms with Gasteiger partial charge in [-0.3, -0.25) is 19.8 Å². The van der Waals surface area contributed by atoms with Gasteiger partial charge in [0, 0.05) is 56.1 Å². The first-order chi connectivity index (χ1) is 12.5. The molecule has 0 bridgehead atoms. The molecule has 0 saturated carbocycles. The van der Waals surface area contributed by atoms with Crippen molar-refractivity contribution in [2.75, 3.05) is 38.5 Å². The van der Waals surface area contributed by atoms with Crippen LogP contribution in [0.25, 0.3) is 0 Å². The molecule has 2 aromatic rings. The highest BCUT2D eigenvalue weighted by Crippen LogP contribution is 2.16. The van der Waals surface area contributed by atoms with Crippen LogP contribution in [0.2, 0.25) is 0 Å². The number of amides is 1. The first kappa shape index (κ1) is 18.0. The molecule has 1 aliphatic heterocycles. The summed E-state index contributed by atoms with van der Waals surface area (Å²) >= 11 is 0. The van der Waals surface area contributed by atoms with Crippen LogP contribution in [0.3, 0.4) is 0 Å². The zero-order chi connectivity index (χ0) is 18.5. The van der Waals surface area contributed by atoms with Gasteiger partial charge in [0.05, 0.1) is 4.92 Å². The maximum atomic E-state index is 12.2. The number of nitro benzene ring substituents is 1. The number of carbonyl (C=O) groups excluding carboxylic acids is 1. The molecule has 2 aromatic carbocycles. The van der Waals surface area contributed by atoms with E-state index in [2.05, 4.69) is 22.2 Å². The molecule has 1 N–H and O–H groups in total. The van der Waals surface area contributed by atoms with E-state index in [0.717, 1.165) is 32.7 Å². The van der Waals surface area contributed by atoms with Crippen LogP contribution in [0.1, 0.15) is 15.9 Å². The van der Waals surface area contributed by atoms with Gasteiger partial charge in [-0.15, -0.1) is 0 Å². The van der Waals surface area contributed by atoms with Crippen molar-refractivity contribution in [3.63, 3.8) is 0 Å². The summed E-state index contributed by atoms with van der Waals surface area (Å²) in [7, 11) is 2.14. The molecule has 0 aliphatic carbocycles. The lowest BCUT2D eigenvalue weighted by Crippen LogP contribution is -2.43. The molecule has 3 rings (SSSR count). The molecule has 1 aliphatic rings. The van der Waals surface area contributed by atoms with Crippen molar-refractivity contribution in [3.05, 3.63) is 69.8 Å². The highest BCUT2D eigenvalue weighted by atomic mass is 16.6. The SMILES string of the molecule is CN1CCN(Cc2ccc(NC(=O)c3ccc([N+](=O)[O-])cc3)cc2)CC1. The molecule has 0 atom stereocenters. The number of hydrogen-bond donors (Lipinski definition) is 1. The van der Waals surface area contributed by atoms with E-state index in [1.54, 1.807) is 0 Å². The zero-order valence-electron chi connectivity index (χ0n) is 14.7. The summed E-state index contributed by atoms with van der Waals surface area (Å²) in [6.45, 7) is 5.21. The molecule has 0 radical (unpaired) electrons. The Morgan fingerprint density at radius 2 is 1.65 bits per heavy atom. The molecule has 7 heteroatoms. The quantitative estimate of drug-likeness (QED) is 0.659. The topological polar surface area (TPSA) is 78.7 Å². The van der Waals surface area contributed by atoms with Gasteiger partial charge < -0.3 is 10.2 Å². The van der Waals surface area contributed by atoms with Gasteiger partial charge >= 0.3 is 0 Å². The third kappa shape index (κ3) is 4.65. The third-order valence-corrected chi connectivity index (χ3v) is 4.55. The number of nitrogens with zero attached hydrogens (tertiary/aromatic N) is 3. The monoisotopic (exact) mass is 354 g/mol. The summed E-state index contributed by atoms with van der Waals surface area (Å²) in [5.41, 5.74) is 2.27. The second-order valence-electron chi connectivity index (χ2n) is 6.53. The molecule has 1 heterocycles. The lowest BCUT2D eigenvalue weighted by atomic mass is 10.1. The van der Waals surface area contributed by atoms with E-state index in [1.165, 1.54) is 29.8 Å². The molecule has 1 saturated heterocycles. The average Bonchev–Trinajstić information content (AvgIpc) is 2.65. The number of anilines is 1. The molecule has 136 valence electrons. The van der Waals surface area contributed by atoms with Crippen LogP contribution in [0.4, 0.5) is 11.4 Å². The van der Waals surface area contributed by atoms with Crippen molar-refractivity contribution in [3.8, 4) is 0 Å². The summed E-state index contributed by atoms with van der Waals surface area (Å²) in [5.74, 6) is -0.285. The Balaban J connectivity index is 1.56. The fourth-order valence-electron chi connectivity index (χ4n) is 2.90. The lowest BCUT2D eigenvalue weighted by molar-refractivity contribution is -0.384. The van der Waals surface area contributed by atoms with Gasteiger partial charge in [0.1, 0.15) is 0 Å². The highest BCUT2D eigenvalue weighted by molar-refractivity contribution is 6.04. The maximum absolute atomic E-state index is 12.2. The standard InChI is InChI=1S/C19H22N4O3/c1-21-10-12-22(13-11-21)14-15-2-6-17(7-3-15)20-19(24)16-4-8-18(9-5-16)23(25)26/h2-9H,10-14H2,1H3,(H,20,24). The Morgan fingerprint density at radius 3 is 2.23 bits per heavy atom. The van der Waals surface area contributed by atoms with Gasteiger partial charge in [-0.05, 0) is 36.9 Å². The Morgan fingerprint density at radius 1 is 1.04 bits per heavy atom. The summed E-state index contributed by atoms with van der Waals surface area (Å²) < 4.78 is 0. The number of nitrogens with one attached hydrogen (secondary N) is 1. The van der Waals surface area contributed by atoms with E-state index in [9.17, 15) is 14.9 Å². The van der Waals surface area contributed by atoms with E-state index in [4.69, 9.17) is 0 Å². The molecule has 7 nitrogen and oxygen atoms in total. The Kier molecular flexibility index (Phi) is 5.60. The number of nitro groups is 1. The predicted molar refractivity (Wildman–Crippen MR) is 100 cm³/mol. The van der Waals surface area contributed by atoms with Crippen LogP contribution in [0.15, 0.2) is 48.5 Å². The highest BCUT2D eigenvalue weighted by Gasteiger charge is 2.14. The smallest absolute Gasteiger partial charge is 0.269 e. The number of benzene rings is 2. The van der Waals surface area contributed by atoms with Gasteiger partial charge in [-0.2, -0.15) is 0 Å². The Labute approximate surface area is 152 Å². The predicted octanol–water partition coefficient (Wildman–Crippen LogP) is 2.59. The molecular weight excluding hydrogens is 332 g/mol. The molecule has 0 spiro atoms. The maximum Gasteiger partial charge on any atom is 0.269 e. The van der Waals surface area contributed by atoms with Gasteiger partial charge in [0.15, 0.2) is 0 Å². The van der Waals surface area contributed by atoms with Gasteiger partial charge in [0.25, 0.3) is 11.6 Å². The normalized spacial score (nSPS) is 15.6. The van der Waals surface area contributed by atoms with E-state index in [0.29, 0.717) is 11.3 Å². The van der Waals surface area contributed by atoms with E-state index < -0.39 is 4.92 Å². The Hall–Kier alpha value is -2.77. The van der Waals surface area contributed by atoms with Crippen LogP contribution < -0.4 is 5.32 Å². The van der Waals surface area contributed by atoms with Gasteiger partial charge in [0.2, 0.25) is 0 Å². The Bertz CT molecular complexity index is 766. The zero-order valence-corrected chi connectivity index (χ0v) is 14.7. The summed E-state index contributed by atoms with van der Waals surface area (Å²) in [6, 6.07) is 13.4. The van der Waals surface area contributed by atoms with Crippen molar-refractivity contribution < 1.29 is 9.72 Å². The van der Waals surface area contributed by atoms with E-state index >= 15 is 0 Å². The first-order valence-corrected chi connectivity index (χ1v) is 8.57. The fourth-order valence-corrected chi connectivity index (χ4v) is 2.90. The summed E-state index contributed by atoms with van der Waals surface area (Å²) in [6.07, 6.45) is 0. The van der Waals surface area contributed by atoms with Crippen molar-refractivity contribution in [2.45, 2.75) is 6.54 Å². The molecule has 1 fully saturated rings. The number of piperazine rings is 1. The van der Waals surface area contributed by atoms with Crippen LogP contribution in [0.5, 0.6) is 0 Å². The van der Waals surface area contributed by atoms with Crippen LogP contribution >= 0.6 is 0 Å². The lowest BCUT2D eigenvalue weighted by Gasteiger charge is -2.32. The van der Waals surface area contributed by atoms with Crippen molar-refractivity contribution in [2.24, 2.45) is 0 Å². The fraction of sp³-hybridized carbons (Fsp3) is 0.316. The third-order valence-electron chi connectivity index (χ3n) is 4.55. The average molecular weight is 354 g/mol. The minimum Gasteiger partial charge on any atom is -0.322 e. The second-order valence-corrected chi connectivity index (χ2v) is 6.53. The molecular formula is C19H22N4O3. The number of hydrogen-bond acceptors (Lipinski definition) is 5. The number of likely N-dealkylation sites (N-methyl/N-ethyl adjacent to an activating group) is 1. The number of rotatable bonds is 5. The summed E-state index contributed by atoms with van der Waals surface area (Å²) in [5, 5.41) is 13.5. The van der Waals surface area contributed by atoms with Crippen LogP contribution in [-0.4, -0.2) is 53.9 Å². The van der Waals surface area contributed by atoms with Gasteiger partial charge in [-0.25, -0.2) is 0 Å². The van der Waals surface area contributed by atoms with E-state index in [1.807, 2.05) is 24.3 Å². The van der Waals surface area contributed by atoms with Crippen molar-refractivity contribution in [1.29, 1.82) is 0 Å². The number of non-ortho nitro benzene ring substituents is 1. The van der Waals surface area contributed by atoms with E-state index in [-0.39, 0.29) is 11.6 Å². The van der Waals surface area contributed by atoms with Crippen LogP contribution in [-0.2, 0) is 6.54 Å². The minimum atomic E-state index is -0.485. The molecule has 0 aromatic heterocycles. The molecule has 1 amide bonds. The largest absolute Gasteiger partial charge is 0.322 e. The second kappa shape index (κ2) is 8.07. The molecule has 0 unspecified atom stereocenters. The number of carbonyl (C=O) groups is 1. The van der Waals surface area contributed by atoms with Crippen LogP contribution in [0, 0.1) is 10.1 Å². The van der Waals surface area contributed by atoms with Crippen molar-refractivity contribution >= 4 is 17.3 Å². The van der Waals surface area contributed by atoms with Crippen molar-refractivity contribution in [1.82, 2.24) is 9.80 Å². The summed E-state index contributed by atoms with van der Waals surface area (Å²) in [4.78, 5) is 27.2. The molecule has 26 heavy (non-hydrogen) atoms. The minimum absolute atomic E-state index is 0.0326. The first-order valence-electron chi connectivity index (χ1n) is 8.57.